The topological polar surface area (TPSA) is 24.5 Å². The minimum atomic E-state index is 0.457. The van der Waals surface area contributed by atoms with E-state index in [-0.39, 0.29) is 0 Å². The van der Waals surface area contributed by atoms with E-state index in [0.717, 1.165) is 25.6 Å². The van der Waals surface area contributed by atoms with Crippen LogP contribution in [-0.4, -0.2) is 50.3 Å². The molecule has 0 amide bonds. The van der Waals surface area contributed by atoms with Gasteiger partial charge in [0, 0.05) is 19.6 Å². The van der Waals surface area contributed by atoms with Gasteiger partial charge in [-0.1, -0.05) is 13.3 Å². The van der Waals surface area contributed by atoms with Crippen LogP contribution in [0.25, 0.3) is 0 Å². The van der Waals surface area contributed by atoms with Gasteiger partial charge >= 0.3 is 0 Å². The van der Waals surface area contributed by atoms with E-state index in [0.29, 0.717) is 12.2 Å². The molecule has 0 aromatic carbocycles. The van der Waals surface area contributed by atoms with Crippen molar-refractivity contribution in [2.24, 2.45) is 5.92 Å². The standard InChI is InChI=1S/C15H30N2O/c1-3-9-16-10-14-7-8-15(18-14)12-17(2)11-13-5-4-6-13/h13-16H,3-12H2,1-2H3. The molecule has 106 valence electrons. The highest BCUT2D eigenvalue weighted by Gasteiger charge is 2.27. The molecule has 1 saturated heterocycles. The maximum Gasteiger partial charge on any atom is 0.0707 e. The number of ether oxygens (including phenoxy) is 1. The molecule has 2 aliphatic rings. The Kier molecular flexibility index (Phi) is 5.93. The molecule has 0 radical (unpaired) electrons. The molecule has 0 spiro atoms. The highest BCUT2D eigenvalue weighted by atomic mass is 16.5. The fourth-order valence-corrected chi connectivity index (χ4v) is 3.04. The van der Waals surface area contributed by atoms with Gasteiger partial charge in [0.05, 0.1) is 12.2 Å². The first kappa shape index (κ1) is 14.3. The summed E-state index contributed by atoms with van der Waals surface area (Å²) < 4.78 is 6.11. The molecule has 2 rings (SSSR count). The molecule has 3 heteroatoms. The number of hydrogen-bond acceptors (Lipinski definition) is 3. The van der Waals surface area contributed by atoms with Gasteiger partial charge in [0.25, 0.3) is 0 Å². The highest BCUT2D eigenvalue weighted by Crippen LogP contribution is 2.27. The summed E-state index contributed by atoms with van der Waals surface area (Å²) >= 11 is 0. The predicted molar refractivity (Wildman–Crippen MR) is 75.9 cm³/mol. The van der Waals surface area contributed by atoms with E-state index in [1.54, 1.807) is 0 Å². The monoisotopic (exact) mass is 254 g/mol. The van der Waals surface area contributed by atoms with Crippen molar-refractivity contribution in [2.75, 3.05) is 33.2 Å². The van der Waals surface area contributed by atoms with E-state index in [2.05, 4.69) is 24.2 Å². The molecule has 2 fully saturated rings. The van der Waals surface area contributed by atoms with Gasteiger partial charge in [-0.2, -0.15) is 0 Å². The third kappa shape index (κ3) is 4.52. The molecule has 18 heavy (non-hydrogen) atoms. The number of rotatable bonds is 8. The Hall–Kier alpha value is -0.120. The van der Waals surface area contributed by atoms with Crippen LogP contribution in [0.5, 0.6) is 0 Å². The summed E-state index contributed by atoms with van der Waals surface area (Å²) in [6, 6.07) is 0. The van der Waals surface area contributed by atoms with Crippen molar-refractivity contribution in [1.29, 1.82) is 0 Å². The summed E-state index contributed by atoms with van der Waals surface area (Å²) in [6.45, 7) is 6.77. The van der Waals surface area contributed by atoms with Crippen LogP contribution in [0, 0.1) is 5.92 Å². The quantitative estimate of drug-likeness (QED) is 0.673. The van der Waals surface area contributed by atoms with Gasteiger partial charge < -0.3 is 15.0 Å². The lowest BCUT2D eigenvalue weighted by Gasteiger charge is -2.31. The zero-order valence-electron chi connectivity index (χ0n) is 12.2. The summed E-state index contributed by atoms with van der Waals surface area (Å²) in [4.78, 5) is 2.48. The van der Waals surface area contributed by atoms with Gasteiger partial charge in [0.15, 0.2) is 0 Å². The number of hydrogen-bond donors (Lipinski definition) is 1. The van der Waals surface area contributed by atoms with Crippen LogP contribution in [-0.2, 0) is 4.74 Å². The molecule has 2 atom stereocenters. The van der Waals surface area contributed by atoms with Crippen LogP contribution in [0.4, 0.5) is 0 Å². The average Bonchev–Trinajstić information content (AvgIpc) is 2.72. The van der Waals surface area contributed by atoms with Gasteiger partial charge in [-0.15, -0.1) is 0 Å². The fraction of sp³-hybridized carbons (Fsp3) is 1.00. The van der Waals surface area contributed by atoms with Crippen molar-refractivity contribution in [3.8, 4) is 0 Å². The fourth-order valence-electron chi connectivity index (χ4n) is 3.04. The van der Waals surface area contributed by atoms with E-state index < -0.39 is 0 Å². The van der Waals surface area contributed by atoms with Crippen LogP contribution >= 0.6 is 0 Å². The molecule has 1 heterocycles. The Morgan fingerprint density at radius 3 is 2.56 bits per heavy atom. The largest absolute Gasteiger partial charge is 0.372 e. The van der Waals surface area contributed by atoms with Crippen LogP contribution in [0.15, 0.2) is 0 Å². The lowest BCUT2D eigenvalue weighted by atomic mass is 9.85. The highest BCUT2D eigenvalue weighted by molar-refractivity contribution is 4.79. The maximum absolute atomic E-state index is 6.11. The van der Waals surface area contributed by atoms with Crippen LogP contribution in [0.1, 0.15) is 45.4 Å². The van der Waals surface area contributed by atoms with Gasteiger partial charge in [-0.05, 0) is 51.6 Å². The van der Waals surface area contributed by atoms with Crippen LogP contribution < -0.4 is 5.32 Å². The van der Waals surface area contributed by atoms with E-state index in [1.165, 1.54) is 45.1 Å². The average molecular weight is 254 g/mol. The Labute approximate surface area is 112 Å². The minimum Gasteiger partial charge on any atom is -0.372 e. The third-order valence-electron chi connectivity index (χ3n) is 4.30. The molecule has 1 aliphatic heterocycles. The van der Waals surface area contributed by atoms with E-state index in [1.807, 2.05) is 0 Å². The predicted octanol–water partition coefficient (Wildman–Crippen LogP) is 2.27. The van der Waals surface area contributed by atoms with Crippen LogP contribution in [0.3, 0.4) is 0 Å². The van der Waals surface area contributed by atoms with E-state index in [9.17, 15) is 0 Å². The molecule has 0 aromatic rings. The van der Waals surface area contributed by atoms with Crippen molar-refractivity contribution >= 4 is 0 Å². The smallest absolute Gasteiger partial charge is 0.0707 e. The molecule has 0 bridgehead atoms. The third-order valence-corrected chi connectivity index (χ3v) is 4.30. The second-order valence-electron chi connectivity index (χ2n) is 6.18. The summed E-state index contributed by atoms with van der Waals surface area (Å²) in [5, 5.41) is 3.46. The van der Waals surface area contributed by atoms with Crippen molar-refractivity contribution in [1.82, 2.24) is 10.2 Å². The zero-order chi connectivity index (χ0) is 12.8. The van der Waals surface area contributed by atoms with E-state index in [4.69, 9.17) is 4.74 Å². The second-order valence-corrected chi connectivity index (χ2v) is 6.18. The number of nitrogens with one attached hydrogen (secondary N) is 1. The first-order valence-corrected chi connectivity index (χ1v) is 7.82. The zero-order valence-corrected chi connectivity index (χ0v) is 12.2. The van der Waals surface area contributed by atoms with Crippen molar-refractivity contribution < 1.29 is 4.74 Å². The Bertz CT molecular complexity index is 231. The molecular weight excluding hydrogens is 224 g/mol. The lowest BCUT2D eigenvalue weighted by molar-refractivity contribution is 0.0234. The van der Waals surface area contributed by atoms with Crippen molar-refractivity contribution in [3.05, 3.63) is 0 Å². The second kappa shape index (κ2) is 7.46. The molecule has 0 aromatic heterocycles. The summed E-state index contributed by atoms with van der Waals surface area (Å²) in [7, 11) is 2.25. The summed E-state index contributed by atoms with van der Waals surface area (Å²) in [5.74, 6) is 0.971. The summed E-state index contributed by atoms with van der Waals surface area (Å²) in [6.07, 6.45) is 8.96. The molecule has 1 N–H and O–H groups in total. The van der Waals surface area contributed by atoms with Gasteiger partial charge in [-0.25, -0.2) is 0 Å². The molecule has 2 unspecified atom stereocenters. The molecule has 1 saturated carbocycles. The molecule has 3 nitrogen and oxygen atoms in total. The normalized spacial score (nSPS) is 28.8. The molecule has 1 aliphatic carbocycles. The van der Waals surface area contributed by atoms with Crippen LogP contribution in [0.2, 0.25) is 0 Å². The lowest BCUT2D eigenvalue weighted by Crippen LogP contribution is -2.36. The summed E-state index contributed by atoms with van der Waals surface area (Å²) in [5.41, 5.74) is 0. The van der Waals surface area contributed by atoms with Crippen molar-refractivity contribution in [2.45, 2.75) is 57.7 Å². The first-order valence-electron chi connectivity index (χ1n) is 7.82. The number of likely N-dealkylation sites (N-methyl/N-ethyl adjacent to an activating group) is 1. The first-order chi connectivity index (χ1) is 8.78. The Morgan fingerprint density at radius 1 is 1.11 bits per heavy atom. The van der Waals surface area contributed by atoms with E-state index >= 15 is 0 Å². The Morgan fingerprint density at radius 2 is 1.89 bits per heavy atom. The van der Waals surface area contributed by atoms with Gasteiger partial charge in [0.1, 0.15) is 0 Å². The van der Waals surface area contributed by atoms with Gasteiger partial charge in [-0.3, -0.25) is 0 Å². The minimum absolute atomic E-state index is 0.457. The molecular formula is C15H30N2O. The number of nitrogens with zero attached hydrogens (tertiary/aromatic N) is 1. The Balaban J connectivity index is 1.56. The van der Waals surface area contributed by atoms with Gasteiger partial charge in [0.2, 0.25) is 0 Å². The van der Waals surface area contributed by atoms with Crippen molar-refractivity contribution in [3.63, 3.8) is 0 Å². The maximum atomic E-state index is 6.11. The SMILES string of the molecule is CCCNCC1CCC(CN(C)CC2CCC2)O1.